The Morgan fingerprint density at radius 2 is 1.74 bits per heavy atom. The molecule has 3 aliphatic heterocycles. The SMILES string of the molecule is COC(=O)CCN1CCN(C2OC(=O)N(C)C2CCCC2CCN(C(=N)NC(=O)OC(C)(C)C)CC2)CC1. The molecule has 0 aliphatic carbocycles. The van der Waals surface area contributed by atoms with E-state index in [9.17, 15) is 14.4 Å². The molecule has 12 heteroatoms. The van der Waals surface area contributed by atoms with Crippen molar-refractivity contribution in [2.24, 2.45) is 5.92 Å². The van der Waals surface area contributed by atoms with E-state index >= 15 is 0 Å². The van der Waals surface area contributed by atoms with Gasteiger partial charge in [0.05, 0.1) is 19.6 Å². The second-order valence-corrected chi connectivity index (χ2v) is 11.5. The number of amides is 2. The molecule has 0 spiro atoms. The average Bonchev–Trinajstić information content (AvgIpc) is 3.15. The molecule has 3 aliphatic rings. The van der Waals surface area contributed by atoms with Crippen LogP contribution in [-0.4, -0.2) is 122 Å². The van der Waals surface area contributed by atoms with Gasteiger partial charge in [0, 0.05) is 52.9 Å². The Kier molecular flexibility index (Phi) is 10.6. The van der Waals surface area contributed by atoms with E-state index in [-0.39, 0.29) is 30.3 Å². The quantitative estimate of drug-likeness (QED) is 0.207. The Bertz CT molecular complexity index is 833. The summed E-state index contributed by atoms with van der Waals surface area (Å²) in [4.78, 5) is 43.9. The van der Waals surface area contributed by atoms with Crippen LogP contribution in [0.1, 0.15) is 59.3 Å². The van der Waals surface area contributed by atoms with Gasteiger partial charge in [0.1, 0.15) is 5.60 Å². The van der Waals surface area contributed by atoms with Gasteiger partial charge in [0.15, 0.2) is 6.23 Å². The van der Waals surface area contributed by atoms with Crippen LogP contribution in [-0.2, 0) is 19.0 Å². The molecule has 3 fully saturated rings. The molecular weight excluding hydrogens is 492 g/mol. The first kappa shape index (κ1) is 29.9. The lowest BCUT2D eigenvalue weighted by Gasteiger charge is -2.38. The first-order chi connectivity index (χ1) is 18.0. The minimum Gasteiger partial charge on any atom is -0.469 e. The Morgan fingerprint density at radius 1 is 1.08 bits per heavy atom. The molecule has 2 amide bonds. The molecule has 0 radical (unpaired) electrons. The highest BCUT2D eigenvalue weighted by Gasteiger charge is 2.43. The lowest BCUT2D eigenvalue weighted by Crippen LogP contribution is -2.54. The van der Waals surface area contributed by atoms with Gasteiger partial charge in [-0.05, 0) is 46.0 Å². The number of cyclic esters (lactones) is 1. The van der Waals surface area contributed by atoms with Crippen molar-refractivity contribution in [3.63, 3.8) is 0 Å². The third-order valence-corrected chi connectivity index (χ3v) is 7.63. The monoisotopic (exact) mass is 538 g/mol. The first-order valence-corrected chi connectivity index (χ1v) is 13.8. The molecule has 38 heavy (non-hydrogen) atoms. The zero-order chi connectivity index (χ0) is 27.9. The van der Waals surface area contributed by atoms with E-state index in [2.05, 4.69) is 15.1 Å². The van der Waals surface area contributed by atoms with Crippen LogP contribution in [0.15, 0.2) is 0 Å². The normalized spacial score (nSPS) is 23.8. The topological polar surface area (TPSA) is 128 Å². The molecule has 0 bridgehead atoms. The van der Waals surface area contributed by atoms with Crippen molar-refractivity contribution < 1.29 is 28.6 Å². The lowest BCUT2D eigenvalue weighted by molar-refractivity contribution is -0.141. The minimum absolute atomic E-state index is 0.0235. The molecule has 0 aromatic rings. The van der Waals surface area contributed by atoms with Crippen molar-refractivity contribution >= 4 is 24.1 Å². The van der Waals surface area contributed by atoms with Gasteiger partial charge < -0.3 is 28.9 Å². The second-order valence-electron chi connectivity index (χ2n) is 11.5. The lowest BCUT2D eigenvalue weighted by atomic mass is 9.90. The average molecular weight is 539 g/mol. The van der Waals surface area contributed by atoms with Crippen LogP contribution in [0.5, 0.6) is 0 Å². The van der Waals surface area contributed by atoms with Crippen LogP contribution in [0, 0.1) is 11.3 Å². The van der Waals surface area contributed by atoms with E-state index in [1.54, 1.807) is 25.7 Å². The first-order valence-electron chi connectivity index (χ1n) is 13.8. The van der Waals surface area contributed by atoms with Gasteiger partial charge in [-0.2, -0.15) is 0 Å². The molecule has 0 aromatic carbocycles. The number of hydrogen-bond donors (Lipinski definition) is 2. The van der Waals surface area contributed by atoms with Crippen LogP contribution < -0.4 is 5.32 Å². The number of nitrogens with one attached hydrogen (secondary N) is 2. The maximum absolute atomic E-state index is 12.4. The maximum Gasteiger partial charge on any atom is 0.414 e. The van der Waals surface area contributed by atoms with Crippen LogP contribution in [0.2, 0.25) is 0 Å². The van der Waals surface area contributed by atoms with E-state index in [0.717, 1.165) is 71.4 Å². The molecule has 2 N–H and O–H groups in total. The number of guanidine groups is 1. The highest BCUT2D eigenvalue weighted by Crippen LogP contribution is 2.29. The number of carbonyl (C=O) groups excluding carboxylic acids is 3. The zero-order valence-electron chi connectivity index (χ0n) is 23.7. The maximum atomic E-state index is 12.4. The largest absolute Gasteiger partial charge is 0.469 e. The molecule has 0 aromatic heterocycles. The number of likely N-dealkylation sites (tertiary alicyclic amines) is 1. The van der Waals surface area contributed by atoms with Crippen molar-refractivity contribution in [1.29, 1.82) is 5.41 Å². The molecule has 3 heterocycles. The number of nitrogens with zero attached hydrogens (tertiary/aromatic N) is 4. The second kappa shape index (κ2) is 13.5. The Labute approximate surface area is 226 Å². The molecule has 3 saturated heterocycles. The molecule has 0 saturated carbocycles. The fourth-order valence-corrected chi connectivity index (χ4v) is 5.38. The summed E-state index contributed by atoms with van der Waals surface area (Å²) in [6.45, 7) is 10.8. The Morgan fingerprint density at radius 3 is 2.34 bits per heavy atom. The van der Waals surface area contributed by atoms with Gasteiger partial charge in [-0.3, -0.25) is 20.4 Å². The smallest absolute Gasteiger partial charge is 0.414 e. The van der Waals surface area contributed by atoms with Gasteiger partial charge in [-0.15, -0.1) is 0 Å². The van der Waals surface area contributed by atoms with Crippen molar-refractivity contribution in [3.05, 3.63) is 0 Å². The summed E-state index contributed by atoms with van der Waals surface area (Å²) in [5, 5.41) is 10.7. The highest BCUT2D eigenvalue weighted by atomic mass is 16.6. The molecule has 2 unspecified atom stereocenters. The minimum atomic E-state index is -0.598. The number of piperazine rings is 1. The highest BCUT2D eigenvalue weighted by molar-refractivity contribution is 5.92. The van der Waals surface area contributed by atoms with E-state index in [1.165, 1.54) is 7.11 Å². The Balaban J connectivity index is 1.38. The summed E-state index contributed by atoms with van der Waals surface area (Å²) < 4.78 is 15.7. The van der Waals surface area contributed by atoms with Crippen molar-refractivity contribution in [1.82, 2.24) is 24.9 Å². The van der Waals surface area contributed by atoms with Crippen molar-refractivity contribution in [2.45, 2.75) is 77.2 Å². The number of rotatable bonds is 8. The number of esters is 1. The summed E-state index contributed by atoms with van der Waals surface area (Å²) in [5.41, 5.74) is -0.598. The number of piperidine rings is 1. The predicted octanol–water partition coefficient (Wildman–Crippen LogP) is 2.29. The van der Waals surface area contributed by atoms with Gasteiger partial charge in [-0.1, -0.05) is 12.8 Å². The number of likely N-dealkylation sites (N-methyl/N-ethyl adjacent to an activating group) is 1. The Hall–Kier alpha value is -2.60. The van der Waals surface area contributed by atoms with Crippen LogP contribution in [0.4, 0.5) is 9.59 Å². The fraction of sp³-hybridized carbons (Fsp3) is 0.846. The van der Waals surface area contributed by atoms with E-state index in [0.29, 0.717) is 18.9 Å². The van der Waals surface area contributed by atoms with Crippen LogP contribution in [0.25, 0.3) is 0 Å². The summed E-state index contributed by atoms with van der Waals surface area (Å²) in [7, 11) is 3.23. The van der Waals surface area contributed by atoms with Gasteiger partial charge >= 0.3 is 18.2 Å². The molecule has 12 nitrogen and oxygen atoms in total. The van der Waals surface area contributed by atoms with E-state index in [4.69, 9.17) is 19.6 Å². The predicted molar refractivity (Wildman–Crippen MR) is 142 cm³/mol. The summed E-state index contributed by atoms with van der Waals surface area (Å²) in [6.07, 6.45) is 4.16. The number of methoxy groups -OCH3 is 1. The zero-order valence-corrected chi connectivity index (χ0v) is 23.7. The number of hydrogen-bond acceptors (Lipinski definition) is 9. The van der Waals surface area contributed by atoms with E-state index in [1.807, 2.05) is 11.9 Å². The fourth-order valence-electron chi connectivity index (χ4n) is 5.38. The third kappa shape index (κ3) is 8.72. The van der Waals surface area contributed by atoms with Crippen molar-refractivity contribution in [3.8, 4) is 0 Å². The molecule has 216 valence electrons. The number of carbonyl (C=O) groups is 3. The van der Waals surface area contributed by atoms with Gasteiger partial charge in [0.25, 0.3) is 0 Å². The third-order valence-electron chi connectivity index (χ3n) is 7.63. The van der Waals surface area contributed by atoms with Crippen LogP contribution in [0.3, 0.4) is 0 Å². The standard InChI is InChI=1S/C26H46N6O6/c1-26(2,3)38-24(34)28-23(27)32-13-9-19(10-14-32)7-6-8-20-22(37-25(35)29(20)4)31-17-15-30(16-18-31)12-11-21(33)36-5/h19-20,22H,6-18H2,1-5H3,(H2,27,28,34). The van der Waals surface area contributed by atoms with Crippen LogP contribution >= 0.6 is 0 Å². The number of alkyl carbamates (subject to hydrolysis) is 1. The summed E-state index contributed by atoms with van der Waals surface area (Å²) >= 11 is 0. The molecule has 3 rings (SSSR count). The van der Waals surface area contributed by atoms with Crippen molar-refractivity contribution in [2.75, 3.05) is 60.0 Å². The van der Waals surface area contributed by atoms with E-state index < -0.39 is 11.7 Å². The molecule has 2 atom stereocenters. The van der Waals surface area contributed by atoms with Gasteiger partial charge in [-0.25, -0.2) is 9.59 Å². The summed E-state index contributed by atoms with van der Waals surface area (Å²) in [6, 6.07) is 0.0235. The number of ether oxygens (including phenoxy) is 3. The molecular formula is C26H46N6O6. The van der Waals surface area contributed by atoms with Gasteiger partial charge in [0.2, 0.25) is 5.96 Å². The summed E-state index contributed by atoms with van der Waals surface area (Å²) in [5.74, 6) is 0.454.